The van der Waals surface area contributed by atoms with Gasteiger partial charge in [0.15, 0.2) is 6.10 Å². The van der Waals surface area contributed by atoms with E-state index < -0.39 is 41.6 Å². The standard InChI is InChI=1S/C17H11ClF3N5O4/c18-12-5-11(3-4-13(12)26(28)29)25-8-14(30-16(25)17(19,20)21)15(27)24-10-2-1-9(6-22)23-7-10/h1-5,7,14,16H,8H2,(H,24,27)/t14-,16+/m0/s1. The summed E-state index contributed by atoms with van der Waals surface area (Å²) in [5.41, 5.74) is -0.290. The molecule has 3 rings (SSSR count). The highest BCUT2D eigenvalue weighted by molar-refractivity contribution is 6.32. The summed E-state index contributed by atoms with van der Waals surface area (Å²) >= 11 is 5.80. The number of hydrogen-bond acceptors (Lipinski definition) is 7. The van der Waals surface area contributed by atoms with Gasteiger partial charge in [-0.15, -0.1) is 0 Å². The minimum atomic E-state index is -4.85. The Hall–Kier alpha value is -3.43. The Kier molecular flexibility index (Phi) is 5.77. The van der Waals surface area contributed by atoms with Crippen molar-refractivity contribution in [2.45, 2.75) is 18.5 Å². The molecule has 30 heavy (non-hydrogen) atoms. The maximum absolute atomic E-state index is 13.5. The lowest BCUT2D eigenvalue weighted by atomic mass is 10.2. The number of alkyl halides is 3. The van der Waals surface area contributed by atoms with Crippen LogP contribution >= 0.6 is 11.6 Å². The molecule has 0 radical (unpaired) electrons. The number of benzene rings is 1. The first kappa shape index (κ1) is 21.3. The first-order chi connectivity index (χ1) is 14.1. The summed E-state index contributed by atoms with van der Waals surface area (Å²) in [4.78, 5) is 27.0. The van der Waals surface area contributed by atoms with Crippen molar-refractivity contribution in [2.24, 2.45) is 0 Å². The third-order valence-electron chi connectivity index (χ3n) is 4.12. The summed E-state index contributed by atoms with van der Waals surface area (Å²) in [7, 11) is 0. The van der Waals surface area contributed by atoms with E-state index in [2.05, 4.69) is 10.3 Å². The number of carbonyl (C=O) groups excluding carboxylic acids is 1. The summed E-state index contributed by atoms with van der Waals surface area (Å²) in [6.07, 6.45) is -7.62. The number of aromatic nitrogens is 1. The van der Waals surface area contributed by atoms with Crippen LogP contribution in [0.25, 0.3) is 0 Å². The maximum atomic E-state index is 13.5. The van der Waals surface area contributed by atoms with Crippen LogP contribution in [0.4, 0.5) is 30.2 Å². The van der Waals surface area contributed by atoms with Gasteiger partial charge < -0.3 is 15.0 Å². The van der Waals surface area contributed by atoms with Crippen molar-refractivity contribution in [1.29, 1.82) is 5.26 Å². The molecular weight excluding hydrogens is 431 g/mol. The van der Waals surface area contributed by atoms with Crippen LogP contribution < -0.4 is 10.2 Å². The average molecular weight is 442 g/mol. The van der Waals surface area contributed by atoms with E-state index in [9.17, 15) is 28.1 Å². The SMILES string of the molecule is N#Cc1ccc(NC(=O)[C@@H]2CN(c3ccc([N+](=O)[O-])c(Cl)c3)[C@@H](C(F)(F)F)O2)cn1. The predicted octanol–water partition coefficient (Wildman–Crippen LogP) is 3.25. The van der Waals surface area contributed by atoms with Gasteiger partial charge in [0, 0.05) is 11.8 Å². The number of carbonyl (C=O) groups is 1. The van der Waals surface area contributed by atoms with Crippen LogP contribution in [0, 0.1) is 21.4 Å². The van der Waals surface area contributed by atoms with E-state index in [1.54, 1.807) is 6.07 Å². The molecule has 0 bridgehead atoms. The second-order valence-electron chi connectivity index (χ2n) is 6.10. The normalized spacial score (nSPS) is 18.7. The van der Waals surface area contributed by atoms with E-state index in [-0.39, 0.29) is 22.1 Å². The Balaban J connectivity index is 1.82. The maximum Gasteiger partial charge on any atom is 0.433 e. The molecule has 13 heteroatoms. The van der Waals surface area contributed by atoms with Gasteiger partial charge in [-0.1, -0.05) is 11.6 Å². The number of nitro benzene ring substituents is 1. The zero-order chi connectivity index (χ0) is 22.1. The summed E-state index contributed by atoms with van der Waals surface area (Å²) < 4.78 is 45.3. The van der Waals surface area contributed by atoms with Gasteiger partial charge >= 0.3 is 6.18 Å². The highest BCUT2D eigenvalue weighted by Crippen LogP contribution is 2.37. The zero-order valence-electron chi connectivity index (χ0n) is 14.8. The Labute approximate surface area is 171 Å². The molecule has 1 fully saturated rings. The van der Waals surface area contributed by atoms with Gasteiger partial charge in [0.25, 0.3) is 11.6 Å². The number of nitriles is 1. The fourth-order valence-corrected chi connectivity index (χ4v) is 3.01. The molecule has 1 aromatic heterocycles. The highest BCUT2D eigenvalue weighted by Gasteiger charge is 2.52. The number of nitrogens with one attached hydrogen (secondary N) is 1. The van der Waals surface area contributed by atoms with E-state index in [1.165, 1.54) is 18.3 Å². The van der Waals surface area contributed by atoms with Crippen LogP contribution in [-0.2, 0) is 9.53 Å². The van der Waals surface area contributed by atoms with Gasteiger partial charge in [-0.3, -0.25) is 14.9 Å². The summed E-state index contributed by atoms with van der Waals surface area (Å²) in [5, 5.41) is 21.6. The molecular formula is C17H11ClF3N5O4. The predicted molar refractivity (Wildman–Crippen MR) is 97.8 cm³/mol. The van der Waals surface area contributed by atoms with Gasteiger partial charge in [0.1, 0.15) is 16.8 Å². The Morgan fingerprint density at radius 3 is 2.67 bits per heavy atom. The van der Waals surface area contributed by atoms with E-state index in [4.69, 9.17) is 21.6 Å². The average Bonchev–Trinajstić information content (AvgIpc) is 3.14. The molecule has 0 spiro atoms. The number of halogens is 4. The van der Waals surface area contributed by atoms with Crippen molar-refractivity contribution < 1.29 is 27.6 Å². The third kappa shape index (κ3) is 4.42. The molecule has 1 aliphatic rings. The second kappa shape index (κ2) is 8.13. The fraction of sp³-hybridized carbons (Fsp3) is 0.235. The lowest BCUT2D eigenvalue weighted by molar-refractivity contribution is -0.384. The number of ether oxygens (including phenoxy) is 1. The molecule has 0 saturated carbocycles. The third-order valence-corrected chi connectivity index (χ3v) is 4.42. The minimum Gasteiger partial charge on any atom is -0.335 e. The van der Waals surface area contributed by atoms with Crippen LogP contribution in [0.5, 0.6) is 0 Å². The van der Waals surface area contributed by atoms with Crippen molar-refractivity contribution in [3.8, 4) is 6.07 Å². The number of pyridine rings is 1. The fourth-order valence-electron chi connectivity index (χ4n) is 2.77. The number of amides is 1. The minimum absolute atomic E-state index is 0.0942. The van der Waals surface area contributed by atoms with Crippen molar-refractivity contribution in [1.82, 2.24) is 4.98 Å². The van der Waals surface area contributed by atoms with Crippen LogP contribution in [0.15, 0.2) is 36.5 Å². The Morgan fingerprint density at radius 2 is 2.13 bits per heavy atom. The van der Waals surface area contributed by atoms with Gasteiger partial charge in [0.2, 0.25) is 6.23 Å². The largest absolute Gasteiger partial charge is 0.433 e. The Bertz CT molecular complexity index is 1030. The molecule has 1 amide bonds. The summed E-state index contributed by atoms with van der Waals surface area (Å²) in [6.45, 7) is -0.478. The van der Waals surface area contributed by atoms with Crippen LogP contribution in [0.1, 0.15) is 5.69 Å². The smallest absolute Gasteiger partial charge is 0.335 e. The van der Waals surface area contributed by atoms with E-state index >= 15 is 0 Å². The van der Waals surface area contributed by atoms with Crippen LogP contribution in [0.3, 0.4) is 0 Å². The molecule has 2 aromatic rings. The van der Waals surface area contributed by atoms with Gasteiger partial charge in [-0.2, -0.15) is 18.4 Å². The first-order valence-corrected chi connectivity index (χ1v) is 8.57. The van der Waals surface area contributed by atoms with Gasteiger partial charge in [-0.05, 0) is 24.3 Å². The second-order valence-corrected chi connectivity index (χ2v) is 6.50. The monoisotopic (exact) mass is 441 g/mol. The van der Waals surface area contributed by atoms with Crippen molar-refractivity contribution in [2.75, 3.05) is 16.8 Å². The molecule has 0 unspecified atom stereocenters. The molecule has 2 heterocycles. The van der Waals surface area contributed by atoms with Crippen molar-refractivity contribution in [3.05, 3.63) is 57.4 Å². The molecule has 1 aliphatic heterocycles. The molecule has 1 aromatic carbocycles. The lowest BCUT2D eigenvalue weighted by Gasteiger charge is -2.26. The lowest BCUT2D eigenvalue weighted by Crippen LogP contribution is -2.42. The molecule has 1 N–H and O–H groups in total. The number of rotatable bonds is 4. The molecule has 2 atom stereocenters. The number of nitrogens with zero attached hydrogens (tertiary/aromatic N) is 4. The van der Waals surface area contributed by atoms with E-state index in [0.717, 1.165) is 23.1 Å². The highest BCUT2D eigenvalue weighted by atomic mass is 35.5. The number of anilines is 2. The quantitative estimate of drug-likeness (QED) is 0.571. The molecule has 1 saturated heterocycles. The Morgan fingerprint density at radius 1 is 1.40 bits per heavy atom. The summed E-state index contributed by atoms with van der Waals surface area (Å²) in [5.74, 6) is -0.855. The van der Waals surface area contributed by atoms with Gasteiger partial charge in [0.05, 0.1) is 23.4 Å². The summed E-state index contributed by atoms with van der Waals surface area (Å²) in [6, 6.07) is 7.56. The molecule has 0 aliphatic carbocycles. The molecule has 156 valence electrons. The zero-order valence-corrected chi connectivity index (χ0v) is 15.5. The first-order valence-electron chi connectivity index (χ1n) is 8.20. The van der Waals surface area contributed by atoms with E-state index in [1.807, 2.05) is 0 Å². The van der Waals surface area contributed by atoms with E-state index in [0.29, 0.717) is 0 Å². The topological polar surface area (TPSA) is 121 Å². The number of nitro groups is 1. The molecule has 9 nitrogen and oxygen atoms in total. The van der Waals surface area contributed by atoms with Gasteiger partial charge in [-0.25, -0.2) is 4.98 Å². The van der Waals surface area contributed by atoms with Crippen molar-refractivity contribution in [3.63, 3.8) is 0 Å². The van der Waals surface area contributed by atoms with Crippen molar-refractivity contribution >= 4 is 34.6 Å². The number of hydrogen-bond donors (Lipinski definition) is 1. The van der Waals surface area contributed by atoms with Crippen LogP contribution in [-0.4, -0.2) is 40.9 Å². The van der Waals surface area contributed by atoms with Crippen LogP contribution in [0.2, 0.25) is 5.02 Å².